The quantitative estimate of drug-likeness (QED) is 0.421. The van der Waals surface area contributed by atoms with Crippen molar-refractivity contribution in [1.82, 2.24) is 5.43 Å². The molecule has 0 heterocycles. The number of methoxy groups -OCH3 is 3. The van der Waals surface area contributed by atoms with Gasteiger partial charge in [-0.3, -0.25) is 9.59 Å². The number of hydrogen-bond acceptors (Lipinski definition) is 6. The molecule has 0 unspecified atom stereocenters. The van der Waals surface area contributed by atoms with Gasteiger partial charge in [0.05, 0.1) is 27.5 Å². The Morgan fingerprint density at radius 1 is 0.926 bits per heavy atom. The molecule has 0 aromatic heterocycles. The summed E-state index contributed by atoms with van der Waals surface area (Å²) >= 11 is 0. The zero-order chi connectivity index (χ0) is 19.6. The van der Waals surface area contributed by atoms with E-state index in [1.165, 1.54) is 13.3 Å². The number of carbonyl (C=O) groups excluding carboxylic acids is 2. The second-order valence-corrected chi connectivity index (χ2v) is 5.35. The summed E-state index contributed by atoms with van der Waals surface area (Å²) in [5.74, 6) is 0.876. The highest BCUT2D eigenvalue weighted by Gasteiger charge is 2.09. The second kappa shape index (κ2) is 9.81. The molecule has 0 aliphatic carbocycles. The van der Waals surface area contributed by atoms with Gasteiger partial charge in [-0.1, -0.05) is 0 Å². The molecule has 2 amide bonds. The molecular formula is C19H21N3O5. The Kier molecular flexibility index (Phi) is 7.18. The number of hydrogen-bond donors (Lipinski definition) is 2. The molecule has 8 heteroatoms. The molecule has 0 spiro atoms. The second-order valence-electron chi connectivity index (χ2n) is 5.35. The minimum atomic E-state index is -0.537. The molecule has 0 saturated heterocycles. The van der Waals surface area contributed by atoms with E-state index in [4.69, 9.17) is 14.2 Å². The Labute approximate surface area is 157 Å². The average Bonchev–Trinajstić information content (AvgIpc) is 2.68. The lowest BCUT2D eigenvalue weighted by atomic mass is 10.2. The monoisotopic (exact) mass is 371 g/mol. The highest BCUT2D eigenvalue weighted by Crippen LogP contribution is 2.23. The fraction of sp³-hybridized carbons (Fsp3) is 0.211. The maximum absolute atomic E-state index is 11.9. The third kappa shape index (κ3) is 6.03. The van der Waals surface area contributed by atoms with Crippen LogP contribution in [0.5, 0.6) is 17.2 Å². The summed E-state index contributed by atoms with van der Waals surface area (Å²) in [6.45, 7) is 0. The molecule has 0 bridgehead atoms. The highest BCUT2D eigenvalue weighted by molar-refractivity contribution is 6.03. The molecule has 0 saturated carbocycles. The summed E-state index contributed by atoms with van der Waals surface area (Å²) < 4.78 is 15.4. The molecule has 2 aromatic carbocycles. The van der Waals surface area contributed by atoms with Crippen molar-refractivity contribution in [3.8, 4) is 17.2 Å². The third-order valence-corrected chi connectivity index (χ3v) is 3.53. The molecular weight excluding hydrogens is 350 g/mol. The van der Waals surface area contributed by atoms with Crippen molar-refractivity contribution >= 4 is 23.7 Å². The van der Waals surface area contributed by atoms with Gasteiger partial charge in [-0.15, -0.1) is 0 Å². The largest absolute Gasteiger partial charge is 0.497 e. The summed E-state index contributed by atoms with van der Waals surface area (Å²) in [4.78, 5) is 23.7. The van der Waals surface area contributed by atoms with E-state index >= 15 is 0 Å². The Balaban J connectivity index is 1.86. The lowest BCUT2D eigenvalue weighted by molar-refractivity contribution is -0.126. The van der Waals surface area contributed by atoms with Gasteiger partial charge in [0.25, 0.3) is 0 Å². The standard InChI is InChI=1S/C19H21N3O5/c1-25-15-8-5-14(6-9-15)21-18(23)11-19(24)22-20-12-13-4-7-16(26-2)10-17(13)27-3/h4-10,12H,11H2,1-3H3,(H,21,23)(H,22,24). The van der Waals surface area contributed by atoms with Crippen LogP contribution in [-0.2, 0) is 9.59 Å². The van der Waals surface area contributed by atoms with Crippen LogP contribution in [0.1, 0.15) is 12.0 Å². The fourth-order valence-electron chi connectivity index (χ4n) is 2.16. The van der Waals surface area contributed by atoms with Crippen molar-refractivity contribution in [2.75, 3.05) is 26.6 Å². The Morgan fingerprint density at radius 3 is 2.22 bits per heavy atom. The number of nitrogens with zero attached hydrogens (tertiary/aromatic N) is 1. The van der Waals surface area contributed by atoms with Crippen LogP contribution in [0, 0.1) is 0 Å². The van der Waals surface area contributed by atoms with Crippen molar-refractivity contribution in [3.05, 3.63) is 48.0 Å². The van der Waals surface area contributed by atoms with E-state index in [2.05, 4.69) is 15.8 Å². The van der Waals surface area contributed by atoms with Crippen LogP contribution in [0.4, 0.5) is 5.69 Å². The van der Waals surface area contributed by atoms with Crippen LogP contribution in [0.15, 0.2) is 47.6 Å². The maximum Gasteiger partial charge on any atom is 0.249 e. The summed E-state index contributed by atoms with van der Waals surface area (Å²) in [6.07, 6.45) is 1.07. The fourth-order valence-corrected chi connectivity index (χ4v) is 2.16. The Morgan fingerprint density at radius 2 is 1.59 bits per heavy atom. The lowest BCUT2D eigenvalue weighted by Crippen LogP contribution is -2.24. The van der Waals surface area contributed by atoms with Crippen LogP contribution in [0.25, 0.3) is 0 Å². The molecule has 2 N–H and O–H groups in total. The SMILES string of the molecule is COc1ccc(NC(=O)CC(=O)NN=Cc2ccc(OC)cc2OC)cc1. The maximum atomic E-state index is 11.9. The number of ether oxygens (including phenoxy) is 3. The van der Waals surface area contributed by atoms with Gasteiger partial charge in [-0.05, 0) is 36.4 Å². The van der Waals surface area contributed by atoms with E-state index in [1.807, 2.05) is 0 Å². The topological polar surface area (TPSA) is 98.2 Å². The molecule has 0 atom stereocenters. The van der Waals surface area contributed by atoms with Crippen molar-refractivity contribution < 1.29 is 23.8 Å². The van der Waals surface area contributed by atoms with Crippen LogP contribution < -0.4 is 25.0 Å². The Bertz CT molecular complexity index is 819. The van der Waals surface area contributed by atoms with Gasteiger partial charge in [0.15, 0.2) is 0 Å². The molecule has 8 nitrogen and oxygen atoms in total. The van der Waals surface area contributed by atoms with Gasteiger partial charge >= 0.3 is 0 Å². The number of rotatable bonds is 8. The number of anilines is 1. The molecule has 0 aliphatic heterocycles. The zero-order valence-corrected chi connectivity index (χ0v) is 15.3. The molecule has 0 fully saturated rings. The third-order valence-electron chi connectivity index (χ3n) is 3.53. The minimum absolute atomic E-state index is 0.358. The van der Waals surface area contributed by atoms with Gasteiger partial charge in [0, 0.05) is 17.3 Å². The summed E-state index contributed by atoms with van der Waals surface area (Å²) in [6, 6.07) is 12.0. The molecule has 142 valence electrons. The van der Waals surface area contributed by atoms with Crippen LogP contribution >= 0.6 is 0 Å². The van der Waals surface area contributed by atoms with Gasteiger partial charge in [0.1, 0.15) is 23.7 Å². The van der Waals surface area contributed by atoms with Gasteiger partial charge < -0.3 is 19.5 Å². The van der Waals surface area contributed by atoms with E-state index < -0.39 is 11.8 Å². The summed E-state index contributed by atoms with van der Waals surface area (Å²) in [5, 5.41) is 6.47. The van der Waals surface area contributed by atoms with E-state index in [-0.39, 0.29) is 6.42 Å². The van der Waals surface area contributed by atoms with Gasteiger partial charge in [0.2, 0.25) is 11.8 Å². The molecule has 2 aromatic rings. The van der Waals surface area contributed by atoms with Crippen LogP contribution in [0.2, 0.25) is 0 Å². The van der Waals surface area contributed by atoms with E-state index in [9.17, 15) is 9.59 Å². The first-order valence-electron chi connectivity index (χ1n) is 8.03. The van der Waals surface area contributed by atoms with Gasteiger partial charge in [-0.25, -0.2) is 5.43 Å². The van der Waals surface area contributed by atoms with Crippen molar-refractivity contribution in [2.24, 2.45) is 5.10 Å². The van der Waals surface area contributed by atoms with E-state index in [1.54, 1.807) is 56.7 Å². The zero-order valence-electron chi connectivity index (χ0n) is 15.3. The molecule has 0 radical (unpaired) electrons. The first kappa shape index (κ1) is 19.8. The van der Waals surface area contributed by atoms with Crippen LogP contribution in [-0.4, -0.2) is 39.4 Å². The van der Waals surface area contributed by atoms with E-state index in [0.29, 0.717) is 28.5 Å². The average molecular weight is 371 g/mol. The number of amides is 2. The first-order valence-corrected chi connectivity index (χ1v) is 8.03. The summed E-state index contributed by atoms with van der Waals surface area (Å²) in [7, 11) is 4.63. The highest BCUT2D eigenvalue weighted by atomic mass is 16.5. The molecule has 2 rings (SSSR count). The van der Waals surface area contributed by atoms with E-state index in [0.717, 1.165) is 0 Å². The van der Waals surface area contributed by atoms with Gasteiger partial charge in [-0.2, -0.15) is 5.10 Å². The number of hydrazone groups is 1. The summed E-state index contributed by atoms with van der Waals surface area (Å²) in [5.41, 5.74) is 3.53. The van der Waals surface area contributed by atoms with Crippen molar-refractivity contribution in [3.63, 3.8) is 0 Å². The van der Waals surface area contributed by atoms with Crippen LogP contribution in [0.3, 0.4) is 0 Å². The predicted molar refractivity (Wildman–Crippen MR) is 102 cm³/mol. The normalized spacial score (nSPS) is 10.3. The smallest absolute Gasteiger partial charge is 0.249 e. The lowest BCUT2D eigenvalue weighted by Gasteiger charge is -2.07. The molecule has 27 heavy (non-hydrogen) atoms. The van der Waals surface area contributed by atoms with Crippen molar-refractivity contribution in [1.29, 1.82) is 0 Å². The molecule has 0 aliphatic rings. The number of carbonyl (C=O) groups is 2. The Hall–Kier alpha value is -3.55. The first-order chi connectivity index (χ1) is 13.0. The van der Waals surface area contributed by atoms with Crippen molar-refractivity contribution in [2.45, 2.75) is 6.42 Å². The number of benzene rings is 2. The number of nitrogens with one attached hydrogen (secondary N) is 2. The predicted octanol–water partition coefficient (Wildman–Crippen LogP) is 2.19. The minimum Gasteiger partial charge on any atom is -0.497 e.